The Kier molecular flexibility index (Phi) is 5.79. The molecule has 4 heteroatoms. The lowest BCUT2D eigenvalue weighted by Crippen LogP contribution is -2.43. The van der Waals surface area contributed by atoms with Gasteiger partial charge in [0, 0.05) is 6.04 Å². The van der Waals surface area contributed by atoms with E-state index in [4.69, 9.17) is 0 Å². The van der Waals surface area contributed by atoms with E-state index in [-0.39, 0.29) is 11.6 Å². The van der Waals surface area contributed by atoms with E-state index in [0.29, 0.717) is 12.3 Å². The first-order chi connectivity index (χ1) is 12.1. The molecular weight excluding hydrogens is 320 g/mol. The smallest absolute Gasteiger partial charge is 0.254 e. The van der Waals surface area contributed by atoms with Gasteiger partial charge < -0.3 is 5.32 Å². The lowest BCUT2D eigenvalue weighted by Gasteiger charge is -2.31. The molecule has 2 aromatic rings. The Labute approximate surface area is 147 Å². The third-order valence-electron chi connectivity index (χ3n) is 5.03. The molecule has 0 aromatic heterocycles. The quantitative estimate of drug-likeness (QED) is 0.823. The zero-order valence-electron chi connectivity index (χ0n) is 14.2. The predicted molar refractivity (Wildman–Crippen MR) is 94.3 cm³/mol. The lowest BCUT2D eigenvalue weighted by atomic mass is 9.81. The molecule has 0 saturated heterocycles. The molecule has 1 N–H and O–H groups in total. The fourth-order valence-corrected chi connectivity index (χ4v) is 3.67. The molecule has 1 fully saturated rings. The number of carbonyl (C=O) groups excluding carboxylic acids is 1. The van der Waals surface area contributed by atoms with Crippen molar-refractivity contribution in [2.45, 2.75) is 44.6 Å². The molecule has 1 aliphatic carbocycles. The van der Waals surface area contributed by atoms with E-state index in [2.05, 4.69) is 5.32 Å². The third kappa shape index (κ3) is 4.44. The molecule has 2 nitrogen and oxygen atoms in total. The monoisotopic (exact) mass is 343 g/mol. The standard InChI is InChI=1S/C21H23F2NO/c22-18-13-7-12-17(20(18)23)21(25)24-19(16-10-5-2-6-11-16)14-15-8-3-1-4-9-15/h1,3-4,7-9,12-13,16,19H,2,5-6,10-11,14H2,(H,24,25). The summed E-state index contributed by atoms with van der Waals surface area (Å²) < 4.78 is 27.4. The van der Waals surface area contributed by atoms with Crippen molar-refractivity contribution < 1.29 is 13.6 Å². The lowest BCUT2D eigenvalue weighted by molar-refractivity contribution is 0.0907. The maximum absolute atomic E-state index is 13.9. The summed E-state index contributed by atoms with van der Waals surface area (Å²) in [6.07, 6.45) is 6.35. The van der Waals surface area contributed by atoms with Crippen molar-refractivity contribution in [2.75, 3.05) is 0 Å². The second-order valence-corrected chi connectivity index (χ2v) is 6.77. The van der Waals surface area contributed by atoms with Gasteiger partial charge in [0.25, 0.3) is 5.91 Å². The molecule has 0 bridgehead atoms. The number of amides is 1. The van der Waals surface area contributed by atoms with Gasteiger partial charge in [0.05, 0.1) is 5.56 Å². The number of rotatable bonds is 5. The molecule has 3 rings (SSSR count). The minimum atomic E-state index is -1.08. The Morgan fingerprint density at radius 2 is 1.72 bits per heavy atom. The van der Waals surface area contributed by atoms with Crippen molar-refractivity contribution >= 4 is 5.91 Å². The van der Waals surface area contributed by atoms with Crippen LogP contribution in [0.4, 0.5) is 8.78 Å². The van der Waals surface area contributed by atoms with E-state index in [1.54, 1.807) is 0 Å². The van der Waals surface area contributed by atoms with Crippen LogP contribution in [0.3, 0.4) is 0 Å². The van der Waals surface area contributed by atoms with Crippen molar-refractivity contribution in [2.24, 2.45) is 5.92 Å². The Bertz CT molecular complexity index is 711. The molecule has 1 saturated carbocycles. The highest BCUT2D eigenvalue weighted by molar-refractivity contribution is 5.94. The van der Waals surface area contributed by atoms with Crippen LogP contribution in [-0.4, -0.2) is 11.9 Å². The Balaban J connectivity index is 1.78. The molecule has 1 aliphatic rings. The van der Waals surface area contributed by atoms with Gasteiger partial charge in [-0.2, -0.15) is 0 Å². The van der Waals surface area contributed by atoms with Crippen molar-refractivity contribution in [3.8, 4) is 0 Å². The predicted octanol–water partition coefficient (Wildman–Crippen LogP) is 4.89. The minimum absolute atomic E-state index is 0.0714. The highest BCUT2D eigenvalue weighted by atomic mass is 19.2. The summed E-state index contributed by atoms with van der Waals surface area (Å²) in [7, 11) is 0. The SMILES string of the molecule is O=C(NC(Cc1ccccc1)C1CCCCC1)c1cccc(F)c1F. The molecule has 25 heavy (non-hydrogen) atoms. The fourth-order valence-electron chi connectivity index (χ4n) is 3.67. The van der Waals surface area contributed by atoms with Crippen LogP contribution in [-0.2, 0) is 6.42 Å². The van der Waals surface area contributed by atoms with E-state index in [1.807, 2.05) is 30.3 Å². The number of carbonyl (C=O) groups is 1. The minimum Gasteiger partial charge on any atom is -0.349 e. The number of nitrogens with one attached hydrogen (secondary N) is 1. The van der Waals surface area contributed by atoms with Crippen molar-refractivity contribution in [1.29, 1.82) is 0 Å². The Morgan fingerprint density at radius 1 is 1.00 bits per heavy atom. The number of halogens is 2. The summed E-state index contributed by atoms with van der Waals surface area (Å²) in [5, 5.41) is 2.97. The van der Waals surface area contributed by atoms with Crippen LogP contribution in [0, 0.1) is 17.6 Å². The fraction of sp³-hybridized carbons (Fsp3) is 0.381. The van der Waals surface area contributed by atoms with Gasteiger partial charge in [-0.15, -0.1) is 0 Å². The van der Waals surface area contributed by atoms with Crippen LogP contribution in [0.5, 0.6) is 0 Å². The third-order valence-corrected chi connectivity index (χ3v) is 5.03. The van der Waals surface area contributed by atoms with E-state index in [9.17, 15) is 13.6 Å². The number of hydrogen-bond donors (Lipinski definition) is 1. The second kappa shape index (κ2) is 8.24. The number of benzene rings is 2. The first-order valence-corrected chi connectivity index (χ1v) is 8.94. The summed E-state index contributed by atoms with van der Waals surface area (Å²) in [6, 6.07) is 13.6. The molecular formula is C21H23F2NO. The molecule has 132 valence electrons. The van der Waals surface area contributed by atoms with Gasteiger partial charge in [-0.25, -0.2) is 8.78 Å². The van der Waals surface area contributed by atoms with Crippen LogP contribution in [0.1, 0.15) is 48.0 Å². The molecule has 1 amide bonds. The zero-order valence-corrected chi connectivity index (χ0v) is 14.2. The highest BCUT2D eigenvalue weighted by Gasteiger charge is 2.27. The molecule has 0 aliphatic heterocycles. The second-order valence-electron chi connectivity index (χ2n) is 6.77. The largest absolute Gasteiger partial charge is 0.349 e. The van der Waals surface area contributed by atoms with Gasteiger partial charge in [0.2, 0.25) is 0 Å². The Morgan fingerprint density at radius 3 is 2.44 bits per heavy atom. The average Bonchev–Trinajstić information content (AvgIpc) is 2.65. The number of hydrogen-bond acceptors (Lipinski definition) is 1. The molecule has 0 radical (unpaired) electrons. The van der Waals surface area contributed by atoms with Crippen molar-refractivity contribution in [3.63, 3.8) is 0 Å². The van der Waals surface area contributed by atoms with Crippen LogP contribution in [0.2, 0.25) is 0 Å². The van der Waals surface area contributed by atoms with Crippen LogP contribution >= 0.6 is 0 Å². The highest BCUT2D eigenvalue weighted by Crippen LogP contribution is 2.28. The first-order valence-electron chi connectivity index (χ1n) is 8.94. The maximum atomic E-state index is 13.9. The maximum Gasteiger partial charge on any atom is 0.254 e. The molecule has 0 heterocycles. The summed E-state index contributed by atoms with van der Waals surface area (Å²) in [4.78, 5) is 12.5. The topological polar surface area (TPSA) is 29.1 Å². The summed E-state index contributed by atoms with van der Waals surface area (Å²) in [5.41, 5.74) is 0.909. The van der Waals surface area contributed by atoms with Crippen molar-refractivity contribution in [3.05, 3.63) is 71.3 Å². The summed E-state index contributed by atoms with van der Waals surface area (Å²) >= 11 is 0. The average molecular weight is 343 g/mol. The summed E-state index contributed by atoms with van der Waals surface area (Å²) in [5.74, 6) is -2.25. The van der Waals surface area contributed by atoms with E-state index < -0.39 is 17.5 Å². The van der Waals surface area contributed by atoms with Gasteiger partial charge >= 0.3 is 0 Å². The van der Waals surface area contributed by atoms with Crippen molar-refractivity contribution in [1.82, 2.24) is 5.32 Å². The molecule has 1 atom stereocenters. The summed E-state index contributed by atoms with van der Waals surface area (Å²) in [6.45, 7) is 0. The Hall–Kier alpha value is -2.23. The molecule has 2 aromatic carbocycles. The van der Waals surface area contributed by atoms with Crippen LogP contribution < -0.4 is 5.32 Å². The van der Waals surface area contributed by atoms with Gasteiger partial charge in [-0.05, 0) is 42.9 Å². The van der Waals surface area contributed by atoms with Gasteiger partial charge in [-0.1, -0.05) is 55.7 Å². The van der Waals surface area contributed by atoms with E-state index >= 15 is 0 Å². The van der Waals surface area contributed by atoms with E-state index in [1.165, 1.54) is 18.6 Å². The van der Waals surface area contributed by atoms with Crippen LogP contribution in [0.25, 0.3) is 0 Å². The van der Waals surface area contributed by atoms with Gasteiger partial charge in [0.15, 0.2) is 11.6 Å². The van der Waals surface area contributed by atoms with Gasteiger partial charge in [-0.3, -0.25) is 4.79 Å². The first kappa shape index (κ1) is 17.6. The normalized spacial score (nSPS) is 16.4. The molecule has 0 spiro atoms. The molecule has 1 unspecified atom stereocenters. The van der Waals surface area contributed by atoms with Gasteiger partial charge in [0.1, 0.15) is 0 Å². The zero-order chi connectivity index (χ0) is 17.6. The van der Waals surface area contributed by atoms with E-state index in [0.717, 1.165) is 37.3 Å². The van der Waals surface area contributed by atoms with Crippen LogP contribution in [0.15, 0.2) is 48.5 Å².